The number of aromatic nitrogens is 24. The van der Waals surface area contributed by atoms with Gasteiger partial charge in [-0.3, -0.25) is 35.5 Å². The molecule has 137 heavy (non-hydrogen) atoms. The molecule has 672 valence electrons. The van der Waals surface area contributed by atoms with E-state index >= 15 is 0 Å². The molecule has 26 rings (SSSR count). The number of anilines is 10. The number of aromatic amines is 5. The highest BCUT2D eigenvalue weighted by molar-refractivity contribution is 5.96. The largest absolute Gasteiger partial charge is 0.356 e. The number of pyridine rings is 3. The molecule has 0 aliphatic rings. The summed E-state index contributed by atoms with van der Waals surface area (Å²) in [7, 11) is 4.11. The Morgan fingerprint density at radius 2 is 0.650 bits per heavy atom. The van der Waals surface area contributed by atoms with Crippen molar-refractivity contribution in [1.29, 1.82) is 0 Å². The van der Waals surface area contributed by atoms with Gasteiger partial charge < -0.3 is 58.3 Å². The fraction of sp³-hybridized carbons (Fsp3) is 0.117. The van der Waals surface area contributed by atoms with Gasteiger partial charge in [-0.25, -0.2) is 24.9 Å². The van der Waals surface area contributed by atoms with Crippen LogP contribution in [0.4, 0.5) is 57.5 Å². The lowest BCUT2D eigenvalue weighted by Crippen LogP contribution is -2.06. The van der Waals surface area contributed by atoms with Crippen molar-refractivity contribution in [3.63, 3.8) is 0 Å². The molecule has 0 radical (unpaired) electrons. The number of H-pyrrole nitrogens is 5. The second-order valence-corrected chi connectivity index (χ2v) is 34.3. The van der Waals surface area contributed by atoms with E-state index in [9.17, 15) is 0 Å². The molecule has 34 heteroatoms. The monoisotopic (exact) mass is 1810 g/mol. The van der Waals surface area contributed by atoms with Gasteiger partial charge in [0, 0.05) is 192 Å². The zero-order chi connectivity index (χ0) is 92.3. The minimum Gasteiger partial charge on any atom is -0.356 e. The Bertz CT molecular complexity index is 8380. The van der Waals surface area contributed by atoms with Crippen LogP contribution < -0.4 is 26.6 Å². The van der Waals surface area contributed by atoms with Crippen molar-refractivity contribution in [3.05, 3.63) is 343 Å². The van der Waals surface area contributed by atoms with Crippen LogP contribution >= 0.6 is 0 Å². The van der Waals surface area contributed by atoms with Crippen molar-refractivity contribution in [2.24, 2.45) is 19.5 Å². The molecule has 0 saturated carbocycles. The Balaban J connectivity index is 0.0000000992. The fourth-order valence-electron chi connectivity index (χ4n) is 16.6. The summed E-state index contributed by atoms with van der Waals surface area (Å²) in [5.41, 5.74) is 27.0. The van der Waals surface area contributed by atoms with Crippen LogP contribution in [0.3, 0.4) is 0 Å². The number of benzene rings is 9. The fourth-order valence-corrected chi connectivity index (χ4v) is 16.6. The summed E-state index contributed by atoms with van der Waals surface area (Å²) in [6, 6.07) is 79.1. The minimum absolute atomic E-state index is 0.280. The molecule has 0 spiro atoms. The second-order valence-electron chi connectivity index (χ2n) is 34.3. The smallest absolute Gasteiger partial charge is 0.201 e. The standard InChI is InChI=1S/C23H18N6O.C22H17N7O.C20H15N5O.C19H14N6O.C19H21N5O/c1-29-10-8-15-11-14(4-7-20(15)29)12-19-17-6-5-16(13-21(17)30-28-19)25-23-22-18(26-27-23)3-2-9-24-22;1-29-9-6-14-10-13(2-5-18(14)29)11-17-16-4-3-15(12-19(16)30-28-17)25-22-20-21(26-27-22)24-8-7-23-20;1-2-5-13(6-3-1)11-17-15-9-8-14(12-18(15)26-25-17)22-20-19-16(23-24-20)7-4-10-21-19;1-2-4-12(5-3-1)10-15-14-7-6-13(11-16(14)26-25-15)22-19-17-18(23-24-19)21-9-8-20-17;1-19(2,3)9-8-15-13-7-6-12(11-16(13)25-24-15)21-18-14-5-4-10-20-17(14)22-23-18/h2-11,13H,12H2,1H3,(H2,25,26,27);2-10,12H,11H2,1H3,(H2,24,25,26,27);1-10,12H,11H2,(H2,22,23,24);1-9,11H,10H2,(H2,21,22,23,24);4-7,10-11H,8-9H2,1-3H3,(H2,20,21,22,23). The Hall–Kier alpha value is -18.6. The minimum atomic E-state index is 0.280. The summed E-state index contributed by atoms with van der Waals surface area (Å²) in [6.45, 7) is 6.71. The van der Waals surface area contributed by atoms with Crippen LogP contribution in [0.25, 0.3) is 132 Å². The topological polar surface area (TPSA) is 434 Å². The Morgan fingerprint density at radius 3 is 1.09 bits per heavy atom. The third kappa shape index (κ3) is 18.2. The van der Waals surface area contributed by atoms with Gasteiger partial charge in [-0.05, 0) is 185 Å². The summed E-state index contributed by atoms with van der Waals surface area (Å²) in [5.74, 6) is 3.56. The quantitative estimate of drug-likeness (QED) is 0.0339. The van der Waals surface area contributed by atoms with Crippen LogP contribution in [0.1, 0.15) is 77.9 Å². The van der Waals surface area contributed by atoms with Crippen molar-refractivity contribution in [1.82, 2.24) is 121 Å². The van der Waals surface area contributed by atoms with Crippen LogP contribution in [0.15, 0.2) is 315 Å². The molecule has 0 aliphatic heterocycles. The highest BCUT2D eigenvalue weighted by Crippen LogP contribution is 2.37. The zero-order valence-corrected chi connectivity index (χ0v) is 74.5. The number of nitrogens with zero attached hydrogens (tertiary/aromatic N) is 19. The first-order valence-corrected chi connectivity index (χ1v) is 44.3. The van der Waals surface area contributed by atoms with Gasteiger partial charge in [-0.15, -0.1) is 0 Å². The van der Waals surface area contributed by atoms with Crippen LogP contribution in [0, 0.1) is 5.41 Å². The van der Waals surface area contributed by atoms with Gasteiger partial charge in [0.1, 0.15) is 16.9 Å². The third-order valence-electron chi connectivity index (χ3n) is 23.6. The molecular weight excluding hydrogens is 1720 g/mol. The van der Waals surface area contributed by atoms with Crippen molar-refractivity contribution in [2.75, 3.05) is 26.6 Å². The summed E-state index contributed by atoms with van der Waals surface area (Å²) in [4.78, 5) is 29.9. The normalized spacial score (nSPS) is 11.6. The molecular formula is C103H85N29O5. The molecule has 0 unspecified atom stereocenters. The number of rotatable bonds is 20. The van der Waals surface area contributed by atoms with Crippen molar-refractivity contribution in [3.8, 4) is 0 Å². The average Bonchev–Trinajstić information content (AvgIpc) is 1.66. The number of hydrogen-bond acceptors (Lipinski definition) is 27. The van der Waals surface area contributed by atoms with Gasteiger partial charge in [0.25, 0.3) is 0 Å². The number of aryl methyl sites for hydroxylation is 3. The molecule has 0 fully saturated rings. The average molecular weight is 1810 g/mol. The summed E-state index contributed by atoms with van der Waals surface area (Å²) in [6.07, 6.45) is 20.8. The van der Waals surface area contributed by atoms with Gasteiger partial charge in [-0.1, -0.05) is 119 Å². The predicted octanol–water partition coefficient (Wildman–Crippen LogP) is 22.3. The van der Waals surface area contributed by atoms with Crippen LogP contribution in [0.2, 0.25) is 0 Å². The SMILES string of the molecule is CC(C)(C)CCc1noc2cc(Nc3[nH]nc4ncccc34)ccc12.Cn1ccc2cc(Cc3noc4cc(Nc5[nH]nc6nccnc56)ccc34)ccc21.Cn1ccc2cc(Cc3noc4cc(Nc5n[nH]c6cccnc56)ccc34)ccc21.c1ccc(Cc2noc3cc(Nc4[nH]nc5nccnc45)ccc23)cc1.c1ccc(Cc2noc3cc(Nc4n[nH]c5cccnc45)ccc23)cc1. The van der Waals surface area contributed by atoms with Crippen molar-refractivity contribution >= 4 is 190 Å². The Kier molecular flexibility index (Phi) is 22.4. The maximum Gasteiger partial charge on any atom is 0.201 e. The van der Waals surface area contributed by atoms with Gasteiger partial charge in [-0.2, -0.15) is 25.5 Å². The van der Waals surface area contributed by atoms with E-state index in [0.29, 0.717) is 57.7 Å². The predicted molar refractivity (Wildman–Crippen MR) is 529 cm³/mol. The van der Waals surface area contributed by atoms with Crippen LogP contribution in [0.5, 0.6) is 0 Å². The number of nitrogens with one attached hydrogen (secondary N) is 10. The lowest BCUT2D eigenvalue weighted by molar-refractivity contribution is 0.369. The van der Waals surface area contributed by atoms with Gasteiger partial charge >= 0.3 is 0 Å². The summed E-state index contributed by atoms with van der Waals surface area (Å²) < 4.78 is 32.1. The molecule has 34 nitrogen and oxygen atoms in total. The molecule has 10 N–H and O–H groups in total. The van der Waals surface area contributed by atoms with Gasteiger partial charge in [0.05, 0.1) is 44.9 Å². The van der Waals surface area contributed by atoms with Crippen molar-refractivity contribution in [2.45, 2.75) is 59.3 Å². The molecule has 0 amide bonds. The van der Waals surface area contributed by atoms with Gasteiger partial charge in [0.15, 0.2) is 67.9 Å². The molecule has 26 aromatic rings. The number of hydrogen-bond donors (Lipinski definition) is 10. The number of fused-ring (bicyclic) bond motifs is 12. The van der Waals surface area contributed by atoms with Crippen molar-refractivity contribution < 1.29 is 22.6 Å². The van der Waals surface area contributed by atoms with E-state index in [2.05, 4.69) is 273 Å². The maximum atomic E-state index is 5.62. The third-order valence-corrected chi connectivity index (χ3v) is 23.6. The zero-order valence-electron chi connectivity index (χ0n) is 74.5. The van der Waals surface area contributed by atoms with E-state index in [4.69, 9.17) is 22.6 Å². The summed E-state index contributed by atoms with van der Waals surface area (Å²) >= 11 is 0. The van der Waals surface area contributed by atoms with E-state index in [1.165, 1.54) is 44.1 Å². The molecule has 0 atom stereocenters. The van der Waals surface area contributed by atoms with Crippen LogP contribution in [-0.4, -0.2) is 121 Å². The molecule has 17 heterocycles. The van der Waals surface area contributed by atoms with E-state index < -0.39 is 0 Å². The Morgan fingerprint density at radius 1 is 0.292 bits per heavy atom. The molecule has 0 bridgehead atoms. The van der Waals surface area contributed by atoms with E-state index in [1.54, 1.807) is 43.4 Å². The van der Waals surface area contributed by atoms with Gasteiger partial charge in [0.2, 0.25) is 11.3 Å². The summed E-state index contributed by atoms with van der Waals surface area (Å²) in [5, 5.41) is 82.2. The highest BCUT2D eigenvalue weighted by Gasteiger charge is 2.22. The van der Waals surface area contributed by atoms with Crippen LogP contribution in [-0.2, 0) is 46.2 Å². The lowest BCUT2D eigenvalue weighted by atomic mass is 9.89. The molecule has 9 aromatic carbocycles. The Labute approximate surface area is 777 Å². The van der Waals surface area contributed by atoms with E-state index in [0.717, 1.165) is 177 Å². The first kappa shape index (κ1) is 83.9. The second kappa shape index (κ2) is 36.6. The first-order chi connectivity index (χ1) is 67.2. The molecule has 0 saturated heterocycles. The molecule has 17 aromatic heterocycles. The lowest BCUT2D eigenvalue weighted by Gasteiger charge is -2.16. The highest BCUT2D eigenvalue weighted by atomic mass is 16.5. The van der Waals surface area contributed by atoms with E-state index in [1.807, 2.05) is 158 Å². The maximum absolute atomic E-state index is 5.62. The van der Waals surface area contributed by atoms with E-state index in [-0.39, 0.29) is 5.41 Å². The molecule has 0 aliphatic carbocycles. The first-order valence-electron chi connectivity index (χ1n) is 44.3.